The minimum Gasteiger partial charge on any atom is -0.444 e. The highest BCUT2D eigenvalue weighted by atomic mass is 32.1. The van der Waals surface area contributed by atoms with Crippen LogP contribution in [0.25, 0.3) is 10.4 Å². The summed E-state index contributed by atoms with van der Waals surface area (Å²) in [6.45, 7) is 7.64. The molecule has 1 unspecified atom stereocenters. The molecular weight excluding hydrogens is 504 g/mol. The van der Waals surface area contributed by atoms with Crippen LogP contribution in [0.4, 0.5) is 4.79 Å². The maximum atomic E-state index is 13.7. The third kappa shape index (κ3) is 6.91. The number of aromatic nitrogens is 1. The van der Waals surface area contributed by atoms with Gasteiger partial charge in [0.05, 0.1) is 22.2 Å². The molecule has 2 fully saturated rings. The van der Waals surface area contributed by atoms with E-state index in [1.807, 2.05) is 36.7 Å². The van der Waals surface area contributed by atoms with E-state index >= 15 is 0 Å². The van der Waals surface area contributed by atoms with Crippen molar-refractivity contribution in [2.45, 2.75) is 90.1 Å². The number of aliphatic hydroxyl groups excluding tert-OH is 1. The largest absolute Gasteiger partial charge is 0.444 e. The van der Waals surface area contributed by atoms with Gasteiger partial charge in [-0.05, 0) is 57.6 Å². The monoisotopic (exact) mass is 542 g/mol. The van der Waals surface area contributed by atoms with Crippen LogP contribution in [0.5, 0.6) is 0 Å². The second kappa shape index (κ2) is 11.8. The van der Waals surface area contributed by atoms with Gasteiger partial charge in [-0.25, -0.2) is 9.78 Å². The van der Waals surface area contributed by atoms with Gasteiger partial charge in [-0.2, -0.15) is 0 Å². The van der Waals surface area contributed by atoms with Gasteiger partial charge in [0.15, 0.2) is 0 Å². The van der Waals surface area contributed by atoms with Gasteiger partial charge in [0.25, 0.3) is 0 Å². The zero-order valence-electron chi connectivity index (χ0n) is 22.5. The molecule has 1 aromatic heterocycles. The number of alkyl carbamates (subject to hydrolysis) is 1. The lowest BCUT2D eigenvalue weighted by Gasteiger charge is -2.32. The van der Waals surface area contributed by atoms with Crippen LogP contribution in [0.2, 0.25) is 0 Å². The Labute approximate surface area is 228 Å². The number of carbonyl (C=O) groups excluding carboxylic acids is 3. The highest BCUT2D eigenvalue weighted by molar-refractivity contribution is 7.13. The predicted octanol–water partition coefficient (Wildman–Crippen LogP) is 3.78. The highest BCUT2D eigenvalue weighted by Crippen LogP contribution is 2.31. The summed E-state index contributed by atoms with van der Waals surface area (Å²) >= 11 is 1.59. The summed E-state index contributed by atoms with van der Waals surface area (Å²) in [5.74, 6) is -0.694. The molecule has 3 amide bonds. The molecule has 206 valence electrons. The number of nitrogens with zero attached hydrogens (tertiary/aromatic N) is 2. The molecule has 0 spiro atoms. The summed E-state index contributed by atoms with van der Waals surface area (Å²) < 4.78 is 5.41. The molecule has 1 aliphatic heterocycles. The Morgan fingerprint density at radius 2 is 1.87 bits per heavy atom. The van der Waals surface area contributed by atoms with Crippen molar-refractivity contribution in [1.82, 2.24) is 20.5 Å². The first-order chi connectivity index (χ1) is 18.0. The summed E-state index contributed by atoms with van der Waals surface area (Å²) in [6.07, 6.45) is 2.30. The molecule has 2 aromatic rings. The van der Waals surface area contributed by atoms with Crippen molar-refractivity contribution in [3.63, 3.8) is 0 Å². The minimum atomic E-state index is -0.805. The first-order valence-corrected chi connectivity index (χ1v) is 14.1. The smallest absolute Gasteiger partial charge is 0.408 e. The molecule has 2 aliphatic rings. The van der Waals surface area contributed by atoms with Crippen LogP contribution in [0.1, 0.15) is 64.1 Å². The van der Waals surface area contributed by atoms with E-state index in [9.17, 15) is 19.5 Å². The van der Waals surface area contributed by atoms with Gasteiger partial charge >= 0.3 is 6.09 Å². The van der Waals surface area contributed by atoms with Crippen LogP contribution >= 0.6 is 11.3 Å². The summed E-state index contributed by atoms with van der Waals surface area (Å²) in [5.41, 5.74) is 4.11. The van der Waals surface area contributed by atoms with E-state index in [0.717, 1.165) is 47.4 Å². The predicted molar refractivity (Wildman–Crippen MR) is 145 cm³/mol. The molecule has 1 aliphatic carbocycles. The van der Waals surface area contributed by atoms with Crippen molar-refractivity contribution >= 4 is 29.2 Å². The van der Waals surface area contributed by atoms with Crippen LogP contribution in [0, 0.1) is 12.8 Å². The Bertz CT molecular complexity index is 1140. The average Bonchev–Trinajstić information content (AvgIpc) is 3.61. The second-order valence-electron chi connectivity index (χ2n) is 11.2. The summed E-state index contributed by atoms with van der Waals surface area (Å²) in [5, 5.41) is 16.1. The highest BCUT2D eigenvalue weighted by Gasteiger charge is 2.44. The molecule has 4 rings (SSSR count). The average molecular weight is 543 g/mol. The summed E-state index contributed by atoms with van der Waals surface area (Å²) in [6, 6.07) is 6.33. The Kier molecular flexibility index (Phi) is 8.72. The molecule has 1 aromatic carbocycles. The first kappa shape index (κ1) is 28.0. The van der Waals surface area contributed by atoms with E-state index in [2.05, 4.69) is 15.6 Å². The standard InChI is InChI=1S/C28H38N4O5S/c1-17-24(38-16-30-17)20-11-9-18(10-12-20)14-29-25(34)22-13-21(33)15-32(22)26(35)23(19-7-5-6-8-19)31-27(36)37-28(2,3)4/h9-12,16,19,21-23,33H,5-8,13-15H2,1-4H3,(H,29,34)(H,31,36)/t21-,22+,23?/m1/s1. The van der Waals surface area contributed by atoms with Gasteiger partial charge in [-0.1, -0.05) is 37.1 Å². The van der Waals surface area contributed by atoms with Crippen LogP contribution in [-0.4, -0.2) is 63.2 Å². The fourth-order valence-electron chi connectivity index (χ4n) is 5.25. The van der Waals surface area contributed by atoms with Crippen LogP contribution in [0.15, 0.2) is 29.8 Å². The van der Waals surface area contributed by atoms with Gasteiger partial charge in [-0.15, -0.1) is 11.3 Å². The van der Waals surface area contributed by atoms with Crippen LogP contribution in [0.3, 0.4) is 0 Å². The SMILES string of the molecule is Cc1ncsc1-c1ccc(CNC(=O)[C@@H]2C[C@@H](O)CN2C(=O)C(NC(=O)OC(C)(C)C)C2CCCC2)cc1. The van der Waals surface area contributed by atoms with E-state index in [4.69, 9.17) is 4.74 Å². The van der Waals surface area contributed by atoms with Crippen molar-refractivity contribution in [2.24, 2.45) is 5.92 Å². The Balaban J connectivity index is 1.41. The quantitative estimate of drug-likeness (QED) is 0.490. The van der Waals surface area contributed by atoms with Gasteiger partial charge in [0.1, 0.15) is 17.7 Å². The van der Waals surface area contributed by atoms with Gasteiger partial charge in [-0.3, -0.25) is 9.59 Å². The number of ether oxygens (including phenoxy) is 1. The van der Waals surface area contributed by atoms with E-state index in [1.54, 1.807) is 32.1 Å². The summed E-state index contributed by atoms with van der Waals surface area (Å²) in [4.78, 5) is 46.3. The molecule has 3 atom stereocenters. The Hall–Kier alpha value is -2.98. The van der Waals surface area contributed by atoms with E-state index in [1.165, 1.54) is 4.90 Å². The Morgan fingerprint density at radius 3 is 2.47 bits per heavy atom. The number of likely N-dealkylation sites (tertiary alicyclic amines) is 1. The normalized spacial score (nSPS) is 20.8. The number of rotatable bonds is 7. The molecule has 0 radical (unpaired) electrons. The number of aliphatic hydroxyl groups is 1. The second-order valence-corrected chi connectivity index (χ2v) is 12.1. The van der Waals surface area contributed by atoms with Crippen molar-refractivity contribution in [2.75, 3.05) is 6.54 Å². The van der Waals surface area contributed by atoms with Gasteiger partial charge < -0.3 is 25.4 Å². The number of aryl methyl sites for hydroxylation is 1. The molecule has 0 bridgehead atoms. The van der Waals surface area contributed by atoms with Crippen molar-refractivity contribution < 1.29 is 24.2 Å². The molecule has 1 saturated carbocycles. The van der Waals surface area contributed by atoms with Crippen molar-refractivity contribution in [3.8, 4) is 10.4 Å². The number of β-amino-alcohol motifs (C(OH)–C–C–N with tert-alkyl or cyclic N) is 1. The number of thiazole rings is 1. The molecule has 10 heteroatoms. The number of amides is 3. The number of carbonyl (C=O) groups is 3. The lowest BCUT2D eigenvalue weighted by molar-refractivity contribution is -0.141. The fraction of sp³-hybridized carbons (Fsp3) is 0.571. The number of hydrogen-bond donors (Lipinski definition) is 3. The van der Waals surface area contributed by atoms with E-state index in [-0.39, 0.29) is 30.7 Å². The van der Waals surface area contributed by atoms with E-state index in [0.29, 0.717) is 6.54 Å². The lowest BCUT2D eigenvalue weighted by atomic mass is 9.96. The number of hydrogen-bond acceptors (Lipinski definition) is 7. The third-order valence-electron chi connectivity index (χ3n) is 7.10. The molecule has 38 heavy (non-hydrogen) atoms. The zero-order valence-corrected chi connectivity index (χ0v) is 23.3. The summed E-state index contributed by atoms with van der Waals surface area (Å²) in [7, 11) is 0. The van der Waals surface area contributed by atoms with Crippen molar-refractivity contribution in [3.05, 3.63) is 41.0 Å². The van der Waals surface area contributed by atoms with Gasteiger partial charge in [0.2, 0.25) is 11.8 Å². The molecule has 9 nitrogen and oxygen atoms in total. The van der Waals surface area contributed by atoms with E-state index < -0.39 is 29.9 Å². The minimum absolute atomic E-state index is 0.0304. The maximum absolute atomic E-state index is 13.7. The lowest BCUT2D eigenvalue weighted by Crippen LogP contribution is -2.56. The van der Waals surface area contributed by atoms with Gasteiger partial charge in [0, 0.05) is 19.5 Å². The number of nitrogens with one attached hydrogen (secondary N) is 2. The van der Waals surface area contributed by atoms with Crippen LogP contribution < -0.4 is 10.6 Å². The van der Waals surface area contributed by atoms with Crippen LogP contribution in [-0.2, 0) is 20.9 Å². The number of benzene rings is 1. The Morgan fingerprint density at radius 1 is 1.18 bits per heavy atom. The molecular formula is C28H38N4O5S. The molecule has 2 heterocycles. The zero-order chi connectivity index (χ0) is 27.4. The third-order valence-corrected chi connectivity index (χ3v) is 8.08. The maximum Gasteiger partial charge on any atom is 0.408 e. The molecule has 1 saturated heterocycles. The fourth-order valence-corrected chi connectivity index (χ4v) is 6.06. The van der Waals surface area contributed by atoms with Crippen molar-refractivity contribution in [1.29, 1.82) is 0 Å². The topological polar surface area (TPSA) is 121 Å². The first-order valence-electron chi connectivity index (χ1n) is 13.3. The molecule has 3 N–H and O–H groups in total.